The molecule has 0 aromatic heterocycles. The number of ether oxygens (including phenoxy) is 2. The standard InChI is InChI=1S/C21H40O3/c1-7-18(8-2)14-19(22)12-10-11-13-23-21-17(6)15(4)16(5)20(9-3)24-21/h15-18,20-21H,7-14H2,1-6H3. The number of rotatable bonds is 11. The molecule has 0 aromatic carbocycles. The summed E-state index contributed by atoms with van der Waals surface area (Å²) in [5, 5.41) is 0. The van der Waals surface area contributed by atoms with E-state index in [1.807, 2.05) is 0 Å². The van der Waals surface area contributed by atoms with Crippen LogP contribution in [0, 0.1) is 23.7 Å². The molecule has 0 N–H and O–H groups in total. The normalized spacial score (nSPS) is 30.7. The summed E-state index contributed by atoms with van der Waals surface area (Å²) in [5.41, 5.74) is 0. The molecule has 1 saturated heterocycles. The Labute approximate surface area is 149 Å². The van der Waals surface area contributed by atoms with Crippen LogP contribution in [-0.4, -0.2) is 24.8 Å². The summed E-state index contributed by atoms with van der Waals surface area (Å²) in [5.74, 6) is 2.63. The molecule has 142 valence electrons. The minimum absolute atomic E-state index is 0.0820. The first-order chi connectivity index (χ1) is 11.4. The highest BCUT2D eigenvalue weighted by atomic mass is 16.7. The molecule has 1 fully saturated rings. The third kappa shape index (κ3) is 6.48. The predicted octanol–water partition coefficient (Wildman–Crippen LogP) is 5.61. The van der Waals surface area contributed by atoms with Gasteiger partial charge in [-0.15, -0.1) is 0 Å². The van der Waals surface area contributed by atoms with Crippen molar-refractivity contribution in [1.82, 2.24) is 0 Å². The van der Waals surface area contributed by atoms with Crippen molar-refractivity contribution in [2.24, 2.45) is 23.7 Å². The Morgan fingerprint density at radius 2 is 1.67 bits per heavy atom. The van der Waals surface area contributed by atoms with Crippen molar-refractivity contribution in [2.45, 2.75) is 98.9 Å². The second-order valence-corrected chi connectivity index (χ2v) is 7.78. The average Bonchev–Trinajstić information content (AvgIpc) is 2.59. The molecule has 1 heterocycles. The Morgan fingerprint density at radius 1 is 1.00 bits per heavy atom. The fraction of sp³-hybridized carbons (Fsp3) is 0.952. The lowest BCUT2D eigenvalue weighted by molar-refractivity contribution is -0.248. The fourth-order valence-electron chi connectivity index (χ4n) is 3.77. The number of hydrogen-bond donors (Lipinski definition) is 0. The van der Waals surface area contributed by atoms with Crippen molar-refractivity contribution < 1.29 is 14.3 Å². The van der Waals surface area contributed by atoms with Crippen molar-refractivity contribution in [3.05, 3.63) is 0 Å². The Bertz CT molecular complexity index is 349. The molecule has 0 spiro atoms. The maximum Gasteiger partial charge on any atom is 0.160 e. The number of ketones is 1. The topological polar surface area (TPSA) is 35.5 Å². The van der Waals surface area contributed by atoms with Gasteiger partial charge in [-0.1, -0.05) is 54.4 Å². The predicted molar refractivity (Wildman–Crippen MR) is 99.9 cm³/mol. The summed E-state index contributed by atoms with van der Waals surface area (Å²) >= 11 is 0. The SMILES string of the molecule is CCC(CC)CC(=O)CCCCOC1OC(CC)C(C)C(C)C1C. The van der Waals surface area contributed by atoms with E-state index in [1.54, 1.807) is 0 Å². The van der Waals surface area contributed by atoms with Gasteiger partial charge in [0, 0.05) is 25.4 Å². The van der Waals surface area contributed by atoms with Gasteiger partial charge >= 0.3 is 0 Å². The van der Waals surface area contributed by atoms with Gasteiger partial charge in [-0.25, -0.2) is 0 Å². The maximum atomic E-state index is 12.0. The van der Waals surface area contributed by atoms with Crippen LogP contribution in [-0.2, 0) is 14.3 Å². The molecule has 0 amide bonds. The maximum absolute atomic E-state index is 12.0. The number of carbonyl (C=O) groups excluding carboxylic acids is 1. The third-order valence-electron chi connectivity index (χ3n) is 6.19. The van der Waals surface area contributed by atoms with E-state index in [1.165, 1.54) is 0 Å². The minimum Gasteiger partial charge on any atom is -0.352 e. The van der Waals surface area contributed by atoms with E-state index in [2.05, 4.69) is 41.5 Å². The molecule has 3 nitrogen and oxygen atoms in total. The summed E-state index contributed by atoms with van der Waals surface area (Å²) in [6, 6.07) is 0. The van der Waals surface area contributed by atoms with E-state index < -0.39 is 0 Å². The van der Waals surface area contributed by atoms with Gasteiger partial charge in [0.05, 0.1) is 6.10 Å². The quantitative estimate of drug-likeness (QED) is 0.458. The molecule has 1 rings (SSSR count). The number of Topliss-reactive ketones (excluding diaryl/α,β-unsaturated/α-hetero) is 1. The van der Waals surface area contributed by atoms with E-state index in [0.29, 0.717) is 48.6 Å². The van der Waals surface area contributed by atoms with Crippen molar-refractivity contribution in [2.75, 3.05) is 6.61 Å². The van der Waals surface area contributed by atoms with Gasteiger partial charge in [0.25, 0.3) is 0 Å². The number of carbonyl (C=O) groups is 1. The van der Waals surface area contributed by atoms with E-state index in [0.717, 1.165) is 38.5 Å². The molecule has 1 aliphatic rings. The van der Waals surface area contributed by atoms with E-state index >= 15 is 0 Å². The van der Waals surface area contributed by atoms with E-state index in [4.69, 9.17) is 9.47 Å². The van der Waals surface area contributed by atoms with Crippen molar-refractivity contribution >= 4 is 5.78 Å². The third-order valence-corrected chi connectivity index (χ3v) is 6.19. The summed E-state index contributed by atoms with van der Waals surface area (Å²) in [6.45, 7) is 14.1. The molecule has 0 bridgehead atoms. The van der Waals surface area contributed by atoms with Crippen LogP contribution in [0.5, 0.6) is 0 Å². The molecule has 5 atom stereocenters. The minimum atomic E-state index is -0.0820. The van der Waals surface area contributed by atoms with Crippen LogP contribution in [0.15, 0.2) is 0 Å². The van der Waals surface area contributed by atoms with Gasteiger partial charge in [-0.3, -0.25) is 4.79 Å². The highest BCUT2D eigenvalue weighted by Crippen LogP contribution is 2.36. The molecule has 1 aliphatic heterocycles. The lowest BCUT2D eigenvalue weighted by Crippen LogP contribution is -2.45. The highest BCUT2D eigenvalue weighted by Gasteiger charge is 2.38. The monoisotopic (exact) mass is 340 g/mol. The molecule has 0 radical (unpaired) electrons. The van der Waals surface area contributed by atoms with Gasteiger partial charge in [0.2, 0.25) is 0 Å². The van der Waals surface area contributed by atoms with Crippen molar-refractivity contribution in [1.29, 1.82) is 0 Å². The first-order valence-corrected chi connectivity index (χ1v) is 10.2. The van der Waals surface area contributed by atoms with E-state index in [9.17, 15) is 4.79 Å². The first-order valence-electron chi connectivity index (χ1n) is 10.2. The number of hydrogen-bond acceptors (Lipinski definition) is 3. The molecule has 3 heteroatoms. The Balaban J connectivity index is 2.23. The van der Waals surface area contributed by atoms with Gasteiger partial charge in [0.1, 0.15) is 5.78 Å². The summed E-state index contributed by atoms with van der Waals surface area (Å²) in [6.07, 6.45) is 6.82. The first kappa shape index (κ1) is 21.6. The van der Waals surface area contributed by atoms with Crippen molar-refractivity contribution in [3.8, 4) is 0 Å². The van der Waals surface area contributed by atoms with Crippen LogP contribution >= 0.6 is 0 Å². The average molecular weight is 341 g/mol. The molecule has 0 aliphatic carbocycles. The van der Waals surface area contributed by atoms with Crippen LogP contribution in [0.3, 0.4) is 0 Å². The number of unbranched alkanes of at least 4 members (excludes halogenated alkanes) is 1. The second kappa shape index (κ2) is 11.3. The van der Waals surface area contributed by atoms with E-state index in [-0.39, 0.29) is 6.29 Å². The van der Waals surface area contributed by atoms with Gasteiger partial charge in [0.15, 0.2) is 6.29 Å². The zero-order valence-electron chi connectivity index (χ0n) is 16.8. The second-order valence-electron chi connectivity index (χ2n) is 7.78. The molecule has 5 unspecified atom stereocenters. The summed E-state index contributed by atoms with van der Waals surface area (Å²) in [7, 11) is 0. The lowest BCUT2D eigenvalue weighted by Gasteiger charge is -2.43. The fourth-order valence-corrected chi connectivity index (χ4v) is 3.77. The Kier molecular flexibility index (Phi) is 10.1. The molecule has 0 aromatic rings. The Morgan fingerprint density at radius 3 is 2.25 bits per heavy atom. The van der Waals surface area contributed by atoms with Gasteiger partial charge < -0.3 is 9.47 Å². The molecule has 0 saturated carbocycles. The smallest absolute Gasteiger partial charge is 0.160 e. The van der Waals surface area contributed by atoms with Crippen LogP contribution < -0.4 is 0 Å². The van der Waals surface area contributed by atoms with Gasteiger partial charge in [-0.05, 0) is 37.0 Å². The summed E-state index contributed by atoms with van der Waals surface area (Å²) < 4.78 is 12.2. The zero-order valence-corrected chi connectivity index (χ0v) is 16.8. The largest absolute Gasteiger partial charge is 0.352 e. The lowest BCUT2D eigenvalue weighted by atomic mass is 9.78. The molecular weight excluding hydrogens is 300 g/mol. The van der Waals surface area contributed by atoms with Crippen LogP contribution in [0.25, 0.3) is 0 Å². The van der Waals surface area contributed by atoms with Crippen LogP contribution in [0.1, 0.15) is 86.5 Å². The van der Waals surface area contributed by atoms with Gasteiger partial charge in [-0.2, -0.15) is 0 Å². The summed E-state index contributed by atoms with van der Waals surface area (Å²) in [4.78, 5) is 12.0. The molecular formula is C21H40O3. The van der Waals surface area contributed by atoms with Crippen molar-refractivity contribution in [3.63, 3.8) is 0 Å². The Hall–Kier alpha value is -0.410. The zero-order chi connectivity index (χ0) is 18.1. The molecule has 24 heavy (non-hydrogen) atoms. The van der Waals surface area contributed by atoms with Crippen LogP contribution in [0.2, 0.25) is 0 Å². The van der Waals surface area contributed by atoms with Crippen LogP contribution in [0.4, 0.5) is 0 Å². The highest BCUT2D eigenvalue weighted by molar-refractivity contribution is 5.78.